The molecule has 1 aliphatic rings. The molecule has 0 unspecified atom stereocenters. The van der Waals surface area contributed by atoms with Crippen LogP contribution in [0.25, 0.3) is 0 Å². The molecule has 0 aliphatic carbocycles. The Bertz CT molecular complexity index is 1030. The minimum atomic E-state index is -1.27. The third-order valence-electron chi connectivity index (χ3n) is 5.11. The SMILES string of the molecule is COc1ccc([C@H]2S[C@H](CC(=O)[O-])C(=O)N(CC(C)(C)C)c3ccc(Cl)cc32)c(OC)c1.[Na+]. The van der Waals surface area contributed by atoms with Crippen molar-refractivity contribution in [3.63, 3.8) is 0 Å². The number of amides is 1. The minimum absolute atomic E-state index is 0. The molecule has 0 saturated carbocycles. The van der Waals surface area contributed by atoms with Crippen LogP contribution >= 0.6 is 23.4 Å². The molecule has 172 valence electrons. The van der Waals surface area contributed by atoms with Gasteiger partial charge < -0.3 is 24.3 Å². The maximum absolute atomic E-state index is 13.6. The van der Waals surface area contributed by atoms with E-state index in [2.05, 4.69) is 0 Å². The summed E-state index contributed by atoms with van der Waals surface area (Å²) in [5.74, 6) is -0.312. The van der Waals surface area contributed by atoms with E-state index >= 15 is 0 Å². The molecule has 1 amide bonds. The number of anilines is 1. The van der Waals surface area contributed by atoms with Crippen molar-refractivity contribution in [3.05, 3.63) is 52.5 Å². The van der Waals surface area contributed by atoms with E-state index in [0.717, 1.165) is 11.1 Å². The Morgan fingerprint density at radius 2 is 1.82 bits per heavy atom. The number of hydrogen-bond donors (Lipinski definition) is 0. The first kappa shape index (κ1) is 27.9. The molecule has 0 N–H and O–H groups in total. The average molecular weight is 500 g/mol. The van der Waals surface area contributed by atoms with Crippen molar-refractivity contribution in [1.29, 1.82) is 0 Å². The van der Waals surface area contributed by atoms with E-state index in [1.165, 1.54) is 11.8 Å². The Hall–Kier alpha value is -1.38. The van der Waals surface area contributed by atoms with E-state index in [0.29, 0.717) is 28.8 Å². The van der Waals surface area contributed by atoms with E-state index < -0.39 is 11.2 Å². The summed E-state index contributed by atoms with van der Waals surface area (Å²) in [6.07, 6.45) is -0.388. The number of carboxylic acids is 1. The first-order valence-corrected chi connectivity index (χ1v) is 11.5. The molecular formula is C24H27ClNNaO5S. The summed E-state index contributed by atoms with van der Waals surface area (Å²) in [4.78, 5) is 26.8. The van der Waals surface area contributed by atoms with Gasteiger partial charge in [0, 0.05) is 41.3 Å². The molecule has 1 aliphatic heterocycles. The maximum atomic E-state index is 13.6. The van der Waals surface area contributed by atoms with Crippen molar-refractivity contribution in [1.82, 2.24) is 0 Å². The van der Waals surface area contributed by atoms with Gasteiger partial charge >= 0.3 is 29.6 Å². The standard InChI is InChI=1S/C24H28ClNO5S.Na/c1-24(2,3)13-26-18-9-6-14(25)10-17(18)22(32-20(23(26)29)12-21(27)28)16-8-7-15(30-4)11-19(16)31-5;/h6-11,20,22H,12-13H2,1-5H3,(H,27,28);/q;+1/p-1/t20-,22-;/m1./s1. The number of carbonyl (C=O) groups is 2. The number of carbonyl (C=O) groups excluding carboxylic acids is 2. The Morgan fingerprint density at radius 1 is 1.12 bits per heavy atom. The molecule has 2 aromatic carbocycles. The van der Waals surface area contributed by atoms with Gasteiger partial charge in [-0.3, -0.25) is 4.79 Å². The second kappa shape index (κ2) is 11.4. The number of aliphatic carboxylic acids is 1. The average Bonchev–Trinajstić information content (AvgIpc) is 2.82. The van der Waals surface area contributed by atoms with Gasteiger partial charge in [-0.25, -0.2) is 0 Å². The van der Waals surface area contributed by atoms with Gasteiger partial charge in [0.15, 0.2) is 0 Å². The van der Waals surface area contributed by atoms with Crippen LogP contribution in [0, 0.1) is 5.41 Å². The van der Waals surface area contributed by atoms with Crippen LogP contribution in [-0.4, -0.2) is 37.9 Å². The van der Waals surface area contributed by atoms with Gasteiger partial charge in [0.2, 0.25) is 5.91 Å². The number of rotatable bonds is 6. The number of carboxylic acid groups (broad SMARTS) is 1. The van der Waals surface area contributed by atoms with Gasteiger partial charge in [0.25, 0.3) is 0 Å². The van der Waals surface area contributed by atoms with Gasteiger partial charge in [0.05, 0.1) is 24.7 Å². The van der Waals surface area contributed by atoms with Gasteiger partial charge in [0.1, 0.15) is 11.5 Å². The normalized spacial score (nSPS) is 18.1. The van der Waals surface area contributed by atoms with E-state index in [1.54, 1.807) is 31.3 Å². The molecule has 33 heavy (non-hydrogen) atoms. The fourth-order valence-electron chi connectivity index (χ4n) is 3.77. The molecule has 1 heterocycles. The van der Waals surface area contributed by atoms with Gasteiger partial charge in [-0.15, -0.1) is 11.8 Å². The van der Waals surface area contributed by atoms with Crippen LogP contribution < -0.4 is 49.0 Å². The molecule has 0 spiro atoms. The quantitative estimate of drug-likeness (QED) is 0.554. The van der Waals surface area contributed by atoms with Crippen molar-refractivity contribution in [2.75, 3.05) is 25.7 Å². The molecule has 2 aromatic rings. The number of hydrogen-bond acceptors (Lipinski definition) is 6. The number of fused-ring (bicyclic) bond motifs is 1. The smallest absolute Gasteiger partial charge is 0.550 e. The van der Waals surface area contributed by atoms with Crippen molar-refractivity contribution in [2.45, 2.75) is 37.7 Å². The van der Waals surface area contributed by atoms with Gasteiger partial charge in [-0.1, -0.05) is 38.4 Å². The Labute approximate surface area is 226 Å². The third-order valence-corrected chi connectivity index (χ3v) is 6.82. The number of thioether (sulfide) groups is 1. The molecule has 0 fully saturated rings. The van der Waals surface area contributed by atoms with E-state index in [1.807, 2.05) is 45.0 Å². The van der Waals surface area contributed by atoms with E-state index in [4.69, 9.17) is 21.1 Å². The molecule has 2 atom stereocenters. The van der Waals surface area contributed by atoms with E-state index in [-0.39, 0.29) is 52.6 Å². The van der Waals surface area contributed by atoms with Crippen LogP contribution in [0.1, 0.15) is 43.6 Å². The Balaban J connectivity index is 0.00000385. The summed E-state index contributed by atoms with van der Waals surface area (Å²) < 4.78 is 10.9. The van der Waals surface area contributed by atoms with Crippen molar-refractivity contribution >= 4 is 40.9 Å². The number of methoxy groups -OCH3 is 2. The first-order valence-electron chi connectivity index (χ1n) is 10.2. The molecule has 0 aromatic heterocycles. The van der Waals surface area contributed by atoms with Crippen molar-refractivity contribution in [3.8, 4) is 11.5 Å². The van der Waals surface area contributed by atoms with Crippen LogP contribution in [0.3, 0.4) is 0 Å². The molecular weight excluding hydrogens is 473 g/mol. The summed E-state index contributed by atoms with van der Waals surface area (Å²) in [5, 5.41) is 10.9. The van der Waals surface area contributed by atoms with Crippen LogP contribution in [0.15, 0.2) is 36.4 Å². The molecule has 3 rings (SSSR count). The maximum Gasteiger partial charge on any atom is 1.00 e. The molecule has 0 bridgehead atoms. The third kappa shape index (κ3) is 6.61. The number of ether oxygens (including phenoxy) is 2. The minimum Gasteiger partial charge on any atom is -0.550 e. The van der Waals surface area contributed by atoms with Gasteiger partial charge in [-0.05, 0) is 35.2 Å². The molecule has 9 heteroatoms. The molecule has 6 nitrogen and oxygen atoms in total. The fraction of sp³-hybridized carbons (Fsp3) is 0.417. The summed E-state index contributed by atoms with van der Waals surface area (Å²) in [6, 6.07) is 10.9. The number of benzene rings is 2. The van der Waals surface area contributed by atoms with Crippen LogP contribution in [0.5, 0.6) is 11.5 Å². The second-order valence-electron chi connectivity index (χ2n) is 8.88. The zero-order valence-electron chi connectivity index (χ0n) is 19.8. The monoisotopic (exact) mass is 499 g/mol. The predicted molar refractivity (Wildman–Crippen MR) is 126 cm³/mol. The zero-order valence-corrected chi connectivity index (χ0v) is 23.4. The zero-order chi connectivity index (χ0) is 23.6. The largest absolute Gasteiger partial charge is 1.00 e. The van der Waals surface area contributed by atoms with Crippen LogP contribution in [-0.2, 0) is 9.59 Å². The fourth-order valence-corrected chi connectivity index (χ4v) is 5.43. The summed E-state index contributed by atoms with van der Waals surface area (Å²) in [5.41, 5.74) is 2.13. The number of halogens is 1. The summed E-state index contributed by atoms with van der Waals surface area (Å²) in [7, 11) is 3.14. The Morgan fingerprint density at radius 3 is 2.39 bits per heavy atom. The predicted octanol–water partition coefficient (Wildman–Crippen LogP) is 1.09. The summed E-state index contributed by atoms with van der Waals surface area (Å²) >= 11 is 7.65. The summed E-state index contributed by atoms with van der Waals surface area (Å²) in [6.45, 7) is 6.53. The van der Waals surface area contributed by atoms with Crippen LogP contribution in [0.2, 0.25) is 5.02 Å². The second-order valence-corrected chi connectivity index (χ2v) is 10.6. The molecule has 0 saturated heterocycles. The molecule has 0 radical (unpaired) electrons. The van der Waals surface area contributed by atoms with Crippen molar-refractivity contribution < 1.29 is 53.7 Å². The van der Waals surface area contributed by atoms with Gasteiger partial charge in [-0.2, -0.15) is 0 Å². The van der Waals surface area contributed by atoms with Crippen LogP contribution in [0.4, 0.5) is 5.69 Å². The van der Waals surface area contributed by atoms with E-state index in [9.17, 15) is 14.7 Å². The first-order chi connectivity index (χ1) is 15.0. The topological polar surface area (TPSA) is 78.9 Å². The Kier molecular flexibility index (Phi) is 9.59. The number of nitrogens with zero attached hydrogens (tertiary/aromatic N) is 1. The van der Waals surface area contributed by atoms with Crippen molar-refractivity contribution in [2.24, 2.45) is 5.41 Å².